The normalized spacial score (nSPS) is 16.7. The molecule has 200 valence electrons. The van der Waals surface area contributed by atoms with Gasteiger partial charge in [0, 0.05) is 36.7 Å². The number of carbonyl (C=O) groups excluding carboxylic acids is 3. The van der Waals surface area contributed by atoms with Gasteiger partial charge in [-0.2, -0.15) is 0 Å². The van der Waals surface area contributed by atoms with Crippen LogP contribution in [0.3, 0.4) is 0 Å². The summed E-state index contributed by atoms with van der Waals surface area (Å²) in [5.41, 5.74) is 1.77. The van der Waals surface area contributed by atoms with Gasteiger partial charge in [0.15, 0.2) is 11.5 Å². The number of hydrogen-bond acceptors (Lipinski definition) is 8. The van der Waals surface area contributed by atoms with Crippen molar-refractivity contribution in [3.63, 3.8) is 0 Å². The number of ether oxygens (including phenoxy) is 3. The van der Waals surface area contributed by atoms with Gasteiger partial charge in [-0.15, -0.1) is 0 Å². The molecule has 1 atom stereocenters. The van der Waals surface area contributed by atoms with E-state index in [-0.39, 0.29) is 29.1 Å². The van der Waals surface area contributed by atoms with Crippen molar-refractivity contribution in [2.24, 2.45) is 0 Å². The first-order valence-corrected chi connectivity index (χ1v) is 12.0. The SMILES string of the molecule is COC(=O)c1[nH]c(C)c(C(O)=C2C(=O)C(=O)N(CCCn3ccnc3)[C@H]2c2ccc(OC)c(OC)c2)c1C. The lowest BCUT2D eigenvalue weighted by Crippen LogP contribution is -2.31. The number of nitrogens with one attached hydrogen (secondary N) is 1. The van der Waals surface area contributed by atoms with Crippen molar-refractivity contribution in [3.05, 3.63) is 70.6 Å². The Labute approximate surface area is 219 Å². The number of imidazole rings is 1. The third-order valence-electron chi connectivity index (χ3n) is 6.70. The molecule has 1 aliphatic heterocycles. The van der Waals surface area contributed by atoms with Crippen LogP contribution in [0.5, 0.6) is 11.5 Å². The molecule has 0 unspecified atom stereocenters. The molecule has 4 rings (SSSR count). The molecule has 3 heterocycles. The molecule has 0 bridgehead atoms. The molecule has 1 aliphatic rings. The van der Waals surface area contributed by atoms with Crippen LogP contribution in [0.15, 0.2) is 42.5 Å². The van der Waals surface area contributed by atoms with Crippen molar-refractivity contribution < 1.29 is 33.7 Å². The van der Waals surface area contributed by atoms with Crippen LogP contribution < -0.4 is 9.47 Å². The molecule has 11 heteroatoms. The minimum absolute atomic E-state index is 0.0773. The number of nitrogens with zero attached hydrogens (tertiary/aromatic N) is 3. The number of amides is 1. The van der Waals surface area contributed by atoms with Crippen molar-refractivity contribution >= 4 is 23.4 Å². The van der Waals surface area contributed by atoms with E-state index in [9.17, 15) is 19.5 Å². The number of methoxy groups -OCH3 is 3. The highest BCUT2D eigenvalue weighted by atomic mass is 16.5. The Morgan fingerprint density at radius 1 is 1.11 bits per heavy atom. The second-order valence-corrected chi connectivity index (χ2v) is 8.88. The lowest BCUT2D eigenvalue weighted by atomic mass is 9.93. The third kappa shape index (κ3) is 4.62. The average Bonchev–Trinajstić information content (AvgIpc) is 3.61. The summed E-state index contributed by atoms with van der Waals surface area (Å²) in [4.78, 5) is 47.4. The summed E-state index contributed by atoms with van der Waals surface area (Å²) < 4.78 is 17.5. The number of rotatable bonds is 9. The van der Waals surface area contributed by atoms with E-state index in [1.165, 1.54) is 26.2 Å². The quantitative estimate of drug-likeness (QED) is 0.189. The van der Waals surface area contributed by atoms with Crippen molar-refractivity contribution in [2.45, 2.75) is 32.9 Å². The van der Waals surface area contributed by atoms with Gasteiger partial charge in [-0.3, -0.25) is 9.59 Å². The topological polar surface area (TPSA) is 136 Å². The Kier molecular flexibility index (Phi) is 7.56. The zero-order valence-corrected chi connectivity index (χ0v) is 21.9. The number of H-pyrrole nitrogens is 1. The lowest BCUT2D eigenvalue weighted by molar-refractivity contribution is -0.139. The summed E-state index contributed by atoms with van der Waals surface area (Å²) in [5, 5.41) is 11.5. The first kappa shape index (κ1) is 26.5. The van der Waals surface area contributed by atoms with Gasteiger partial charge in [-0.1, -0.05) is 6.07 Å². The molecule has 1 fully saturated rings. The van der Waals surface area contributed by atoms with Crippen LogP contribution in [-0.2, 0) is 20.9 Å². The number of hydrogen-bond donors (Lipinski definition) is 2. The number of benzene rings is 1. The Morgan fingerprint density at radius 3 is 2.47 bits per heavy atom. The molecule has 3 aromatic rings. The first-order chi connectivity index (χ1) is 18.2. The van der Waals surface area contributed by atoms with E-state index in [0.29, 0.717) is 41.3 Å². The summed E-state index contributed by atoms with van der Waals surface area (Å²) in [5.74, 6) is -1.63. The summed E-state index contributed by atoms with van der Waals surface area (Å²) in [6.45, 7) is 4.13. The summed E-state index contributed by atoms with van der Waals surface area (Å²) >= 11 is 0. The van der Waals surface area contributed by atoms with Gasteiger partial charge in [0.2, 0.25) is 0 Å². The molecule has 2 aromatic heterocycles. The highest BCUT2D eigenvalue weighted by molar-refractivity contribution is 6.46. The maximum atomic E-state index is 13.4. The minimum Gasteiger partial charge on any atom is -0.507 e. The first-order valence-electron chi connectivity index (χ1n) is 12.0. The van der Waals surface area contributed by atoms with E-state index >= 15 is 0 Å². The van der Waals surface area contributed by atoms with Crippen molar-refractivity contribution in [2.75, 3.05) is 27.9 Å². The maximum absolute atomic E-state index is 13.4. The molecule has 1 aromatic carbocycles. The molecule has 0 radical (unpaired) electrons. The monoisotopic (exact) mass is 522 g/mol. The highest BCUT2D eigenvalue weighted by Gasteiger charge is 2.46. The number of aryl methyl sites for hydroxylation is 2. The average molecular weight is 523 g/mol. The number of ketones is 1. The van der Waals surface area contributed by atoms with E-state index < -0.39 is 23.7 Å². The van der Waals surface area contributed by atoms with Gasteiger partial charge in [-0.05, 0) is 43.5 Å². The zero-order chi connectivity index (χ0) is 27.6. The molecule has 0 saturated carbocycles. The Bertz CT molecular complexity index is 1400. The molecule has 38 heavy (non-hydrogen) atoms. The largest absolute Gasteiger partial charge is 0.507 e. The number of carbonyl (C=O) groups is 3. The molecule has 11 nitrogen and oxygen atoms in total. The number of aromatic amines is 1. The number of likely N-dealkylation sites (tertiary alicyclic amines) is 1. The number of aromatic nitrogens is 3. The fourth-order valence-corrected chi connectivity index (χ4v) is 4.87. The van der Waals surface area contributed by atoms with E-state index in [1.807, 2.05) is 10.8 Å². The van der Waals surface area contributed by atoms with Gasteiger partial charge in [0.1, 0.15) is 11.5 Å². The van der Waals surface area contributed by atoms with Crippen molar-refractivity contribution in [3.8, 4) is 11.5 Å². The van der Waals surface area contributed by atoms with Gasteiger partial charge >= 0.3 is 5.97 Å². The van der Waals surface area contributed by atoms with Crippen LogP contribution in [0.4, 0.5) is 0 Å². The van der Waals surface area contributed by atoms with Crippen LogP contribution in [-0.4, -0.2) is 70.1 Å². The third-order valence-corrected chi connectivity index (χ3v) is 6.70. The number of esters is 1. The molecular formula is C27H30N4O7. The van der Waals surface area contributed by atoms with Gasteiger partial charge in [-0.25, -0.2) is 9.78 Å². The van der Waals surface area contributed by atoms with Crippen LogP contribution in [0.1, 0.15) is 45.3 Å². The van der Waals surface area contributed by atoms with E-state index in [1.54, 1.807) is 44.6 Å². The van der Waals surface area contributed by atoms with Gasteiger partial charge < -0.3 is 33.8 Å². The van der Waals surface area contributed by atoms with Crippen LogP contribution in [0, 0.1) is 13.8 Å². The zero-order valence-electron chi connectivity index (χ0n) is 21.9. The van der Waals surface area contributed by atoms with Gasteiger partial charge in [0.05, 0.1) is 39.3 Å². The van der Waals surface area contributed by atoms with Crippen molar-refractivity contribution in [1.29, 1.82) is 0 Å². The summed E-state index contributed by atoms with van der Waals surface area (Å²) in [7, 11) is 4.25. The molecule has 1 saturated heterocycles. The number of aliphatic hydroxyl groups excluding tert-OH is 1. The van der Waals surface area contributed by atoms with Crippen molar-refractivity contribution in [1.82, 2.24) is 19.4 Å². The van der Waals surface area contributed by atoms with Crippen LogP contribution in [0.2, 0.25) is 0 Å². The fourth-order valence-electron chi connectivity index (χ4n) is 4.87. The van der Waals surface area contributed by atoms with E-state index in [2.05, 4.69) is 9.97 Å². The van der Waals surface area contributed by atoms with Gasteiger partial charge in [0.25, 0.3) is 11.7 Å². The Hall–Kier alpha value is -4.54. The predicted octanol–water partition coefficient (Wildman–Crippen LogP) is 3.14. The fraction of sp³-hybridized carbons (Fsp3) is 0.333. The predicted molar refractivity (Wildman–Crippen MR) is 137 cm³/mol. The molecule has 1 amide bonds. The Morgan fingerprint density at radius 2 is 1.84 bits per heavy atom. The molecular weight excluding hydrogens is 492 g/mol. The second kappa shape index (κ2) is 10.8. The highest BCUT2D eigenvalue weighted by Crippen LogP contribution is 2.43. The maximum Gasteiger partial charge on any atom is 0.354 e. The standard InChI is InChI=1S/C27H30N4O7/c1-15-20(16(2)29-22(15)27(35)38-5)24(32)21-23(17-7-8-18(36-3)19(13-17)37-4)31(26(34)25(21)33)11-6-10-30-12-9-28-14-30/h7-9,12-14,23,29,32H,6,10-11H2,1-5H3/t23-/m0/s1. The summed E-state index contributed by atoms with van der Waals surface area (Å²) in [6.07, 6.45) is 5.70. The van der Waals surface area contributed by atoms with E-state index in [4.69, 9.17) is 14.2 Å². The van der Waals surface area contributed by atoms with Crippen LogP contribution >= 0.6 is 0 Å². The van der Waals surface area contributed by atoms with E-state index in [0.717, 1.165) is 0 Å². The summed E-state index contributed by atoms with van der Waals surface area (Å²) in [6, 6.07) is 4.20. The molecule has 0 spiro atoms. The minimum atomic E-state index is -0.895. The Balaban J connectivity index is 1.84. The molecule has 2 N–H and O–H groups in total. The second-order valence-electron chi connectivity index (χ2n) is 8.88. The lowest BCUT2D eigenvalue weighted by Gasteiger charge is -2.26. The smallest absolute Gasteiger partial charge is 0.354 e. The molecule has 0 aliphatic carbocycles. The number of Topliss-reactive ketones (excluding diaryl/α,β-unsaturated/α-hetero) is 1. The van der Waals surface area contributed by atoms with Crippen LogP contribution in [0.25, 0.3) is 5.76 Å². The number of aliphatic hydroxyl groups is 1.